The summed E-state index contributed by atoms with van der Waals surface area (Å²) in [5.41, 5.74) is 2.81. The number of piperazine rings is 1. The minimum absolute atomic E-state index is 0.0606. The van der Waals surface area contributed by atoms with E-state index in [9.17, 15) is 9.18 Å². The number of nitrogens with zero attached hydrogens (tertiary/aromatic N) is 6. The standard InChI is InChI=1S/C51H67F3N6O6Si/c1-31(2)67(32(3)4,33(5)6)20-16-38-41(53)14-13-34-21-37(65-30-63-11)22-39(42(34)38)44-43(54)45-40(24-55-44)46(57-47(56-45)64-29-50-17-12-19-59(50)25-35(52)23-50)58-26-36-15-18-51(27-58,28-62-10)60(36)48(61)66-49(7,8)9/h13-14,21-22,24,31-33,35-36H,12,15,17-19,23,25-30H2,1-11H3/t35-,36?,50+,51?/m1/s1. The van der Waals surface area contributed by atoms with Gasteiger partial charge >= 0.3 is 12.1 Å². The Labute approximate surface area is 394 Å². The van der Waals surface area contributed by atoms with Crippen molar-refractivity contribution >= 4 is 41.7 Å². The molecule has 4 aliphatic heterocycles. The van der Waals surface area contributed by atoms with Crippen LogP contribution in [-0.2, 0) is 14.2 Å². The van der Waals surface area contributed by atoms with Gasteiger partial charge in [-0.25, -0.2) is 18.0 Å². The number of pyridine rings is 1. The Kier molecular flexibility index (Phi) is 13.6. The molecular weight excluding hydrogens is 878 g/mol. The molecule has 2 unspecified atom stereocenters. The number of hydrogen-bond acceptors (Lipinski definition) is 11. The number of fused-ring (bicyclic) bond motifs is 5. The van der Waals surface area contributed by atoms with Gasteiger partial charge in [0.15, 0.2) is 12.6 Å². The van der Waals surface area contributed by atoms with Crippen LogP contribution in [0.1, 0.15) is 100.0 Å². The fourth-order valence-corrected chi connectivity index (χ4v) is 17.3. The van der Waals surface area contributed by atoms with E-state index in [2.05, 4.69) is 57.9 Å². The first-order valence-electron chi connectivity index (χ1n) is 23.8. The van der Waals surface area contributed by atoms with Crippen molar-refractivity contribution in [2.75, 3.05) is 65.3 Å². The number of methoxy groups -OCH3 is 2. The summed E-state index contributed by atoms with van der Waals surface area (Å²) in [5.74, 6) is 2.78. The number of carbonyl (C=O) groups excluding carboxylic acids is 1. The lowest BCUT2D eigenvalue weighted by Gasteiger charge is -2.49. The number of ether oxygens (including phenoxy) is 5. The van der Waals surface area contributed by atoms with Gasteiger partial charge in [0.2, 0.25) is 0 Å². The molecule has 362 valence electrons. The molecule has 67 heavy (non-hydrogen) atoms. The van der Waals surface area contributed by atoms with Crippen LogP contribution in [0, 0.1) is 23.1 Å². The Balaban J connectivity index is 1.31. The Hall–Kier alpha value is -4.69. The van der Waals surface area contributed by atoms with Crippen LogP contribution < -0.4 is 14.4 Å². The number of hydrogen-bond donors (Lipinski definition) is 0. The summed E-state index contributed by atoms with van der Waals surface area (Å²) in [5, 5.41) is 1.30. The SMILES string of the molecule is COCOc1cc(-c2ncc3c(N4CC5CCC(COC)(C4)N5C(=O)OC(C)(C)C)nc(OC[C@@]45CCCN4C[C@H](F)C5)nc3c2F)c2c(C#C[Si](C(C)C)(C(C)C)C(C)C)c(F)ccc2c1. The third-order valence-corrected chi connectivity index (χ3v) is 21.1. The fraction of sp³-hybridized carbons (Fsp3) is 0.608. The van der Waals surface area contributed by atoms with Gasteiger partial charge in [0.25, 0.3) is 0 Å². The van der Waals surface area contributed by atoms with Crippen LogP contribution in [0.2, 0.25) is 16.6 Å². The number of carbonyl (C=O) groups is 1. The van der Waals surface area contributed by atoms with Gasteiger partial charge in [0.1, 0.15) is 55.0 Å². The van der Waals surface area contributed by atoms with Gasteiger partial charge in [-0.05, 0) is 93.2 Å². The van der Waals surface area contributed by atoms with E-state index in [1.54, 1.807) is 31.5 Å². The number of benzene rings is 2. The van der Waals surface area contributed by atoms with Crippen molar-refractivity contribution in [1.82, 2.24) is 24.8 Å². The molecule has 12 nitrogen and oxygen atoms in total. The van der Waals surface area contributed by atoms with Crippen molar-refractivity contribution in [2.45, 2.75) is 140 Å². The van der Waals surface area contributed by atoms with Crippen molar-refractivity contribution in [3.8, 4) is 34.5 Å². The molecule has 1 amide bonds. The third-order valence-electron chi connectivity index (χ3n) is 14.8. The predicted octanol–water partition coefficient (Wildman–Crippen LogP) is 10.2. The van der Waals surface area contributed by atoms with Crippen LogP contribution in [0.4, 0.5) is 23.8 Å². The molecule has 16 heteroatoms. The van der Waals surface area contributed by atoms with Crippen LogP contribution in [0.15, 0.2) is 30.5 Å². The van der Waals surface area contributed by atoms with E-state index < -0.39 is 48.7 Å². The molecule has 0 radical (unpaired) electrons. The van der Waals surface area contributed by atoms with E-state index in [1.165, 1.54) is 13.2 Å². The Morgan fingerprint density at radius 2 is 1.70 bits per heavy atom. The average Bonchev–Trinajstić information content (AvgIpc) is 3.86. The summed E-state index contributed by atoms with van der Waals surface area (Å²) in [4.78, 5) is 34.4. The summed E-state index contributed by atoms with van der Waals surface area (Å²) >= 11 is 0. The van der Waals surface area contributed by atoms with Crippen molar-refractivity contribution in [3.05, 3.63) is 47.7 Å². The molecule has 2 aromatic carbocycles. The van der Waals surface area contributed by atoms with E-state index in [0.717, 1.165) is 19.4 Å². The number of halogens is 3. The van der Waals surface area contributed by atoms with E-state index in [1.807, 2.05) is 30.6 Å². The van der Waals surface area contributed by atoms with Crippen LogP contribution in [0.25, 0.3) is 32.9 Å². The van der Waals surface area contributed by atoms with E-state index in [4.69, 9.17) is 38.6 Å². The maximum atomic E-state index is 18.0. The Bertz CT molecular complexity index is 2560. The lowest BCUT2D eigenvalue weighted by atomic mass is 9.95. The Morgan fingerprint density at radius 1 is 0.955 bits per heavy atom. The zero-order valence-corrected chi connectivity index (χ0v) is 42.0. The molecule has 0 aliphatic carbocycles. The second kappa shape index (κ2) is 18.7. The number of anilines is 1. The summed E-state index contributed by atoms with van der Waals surface area (Å²) in [6.45, 7) is 20.8. The number of aromatic nitrogens is 3. The lowest BCUT2D eigenvalue weighted by Crippen LogP contribution is -2.66. The van der Waals surface area contributed by atoms with Crippen LogP contribution in [-0.4, -0.2) is 128 Å². The quantitative estimate of drug-likeness (QED) is 0.0726. The second-order valence-electron chi connectivity index (χ2n) is 21.1. The molecule has 6 heterocycles. The molecular formula is C51H67F3N6O6Si. The van der Waals surface area contributed by atoms with Gasteiger partial charge in [-0.2, -0.15) is 9.97 Å². The first-order valence-corrected chi connectivity index (χ1v) is 26.1. The van der Waals surface area contributed by atoms with Crippen LogP contribution in [0.3, 0.4) is 0 Å². The van der Waals surface area contributed by atoms with E-state index >= 15 is 8.78 Å². The minimum Gasteiger partial charge on any atom is -0.468 e. The molecule has 0 spiro atoms. The van der Waals surface area contributed by atoms with Gasteiger partial charge in [0.05, 0.1) is 34.7 Å². The number of rotatable bonds is 13. The summed E-state index contributed by atoms with van der Waals surface area (Å²) in [6, 6.07) is 6.10. The highest BCUT2D eigenvalue weighted by molar-refractivity contribution is 6.90. The van der Waals surface area contributed by atoms with Crippen molar-refractivity contribution in [3.63, 3.8) is 0 Å². The van der Waals surface area contributed by atoms with Crippen molar-refractivity contribution in [1.29, 1.82) is 0 Å². The number of amides is 1. The molecule has 8 rings (SSSR count). The zero-order valence-electron chi connectivity index (χ0n) is 41.0. The van der Waals surface area contributed by atoms with Crippen molar-refractivity contribution < 1.29 is 41.7 Å². The maximum absolute atomic E-state index is 18.0. The Morgan fingerprint density at radius 3 is 2.39 bits per heavy atom. The molecule has 0 N–H and O–H groups in total. The highest BCUT2D eigenvalue weighted by atomic mass is 28.3. The predicted molar refractivity (Wildman–Crippen MR) is 257 cm³/mol. The van der Waals surface area contributed by atoms with Gasteiger partial charge < -0.3 is 28.6 Å². The molecule has 4 atom stereocenters. The molecule has 4 fully saturated rings. The first-order chi connectivity index (χ1) is 31.8. The zero-order chi connectivity index (χ0) is 48.2. The van der Waals surface area contributed by atoms with Crippen molar-refractivity contribution in [2.24, 2.45) is 0 Å². The maximum Gasteiger partial charge on any atom is 0.411 e. The van der Waals surface area contributed by atoms with Gasteiger partial charge in [-0.1, -0.05) is 53.5 Å². The third kappa shape index (κ3) is 8.94. The topological polar surface area (TPSA) is 112 Å². The normalized spacial score (nSPS) is 23.2. The monoisotopic (exact) mass is 944 g/mol. The molecule has 2 aromatic heterocycles. The highest BCUT2D eigenvalue weighted by Gasteiger charge is 2.56. The van der Waals surface area contributed by atoms with Gasteiger partial charge in [0, 0.05) is 57.4 Å². The van der Waals surface area contributed by atoms with Gasteiger partial charge in [-0.3, -0.25) is 14.8 Å². The smallest absolute Gasteiger partial charge is 0.411 e. The molecule has 4 aromatic rings. The summed E-state index contributed by atoms with van der Waals surface area (Å²) < 4.78 is 78.8. The minimum atomic E-state index is -2.35. The van der Waals surface area contributed by atoms with E-state index in [0.29, 0.717) is 83.2 Å². The van der Waals surface area contributed by atoms with Crippen LogP contribution in [0.5, 0.6) is 11.8 Å². The molecule has 0 saturated carbocycles. The molecule has 4 saturated heterocycles. The number of alkyl halides is 1. The highest BCUT2D eigenvalue weighted by Crippen LogP contribution is 2.46. The fourth-order valence-electron chi connectivity index (χ4n) is 12.0. The van der Waals surface area contributed by atoms with E-state index in [-0.39, 0.29) is 54.4 Å². The first kappa shape index (κ1) is 48.8. The lowest BCUT2D eigenvalue weighted by molar-refractivity contribution is -0.0261. The largest absolute Gasteiger partial charge is 0.468 e. The average molecular weight is 945 g/mol. The summed E-state index contributed by atoms with van der Waals surface area (Å²) in [7, 11) is 0.770. The van der Waals surface area contributed by atoms with Gasteiger partial charge in [-0.15, -0.1) is 5.54 Å². The second-order valence-corrected chi connectivity index (χ2v) is 26.7. The summed E-state index contributed by atoms with van der Waals surface area (Å²) in [6.07, 6.45) is 3.50. The molecule has 4 aliphatic rings. The molecule has 2 bridgehead atoms. The van der Waals surface area contributed by atoms with Crippen LogP contribution >= 0.6 is 0 Å².